The molecule has 13 heteroatoms. The third-order valence-corrected chi connectivity index (χ3v) is 7.21. The zero-order valence-electron chi connectivity index (χ0n) is 20.8. The molecule has 0 spiro atoms. The molecule has 2 saturated heterocycles. The Labute approximate surface area is 231 Å². The monoisotopic (exact) mass is 570 g/mol. The van der Waals surface area contributed by atoms with Crippen LogP contribution in [0.5, 0.6) is 0 Å². The Morgan fingerprint density at radius 1 is 1.10 bits per heavy atom. The average Bonchev–Trinajstić information content (AvgIpc) is 2.89. The van der Waals surface area contributed by atoms with Crippen molar-refractivity contribution in [3.63, 3.8) is 0 Å². The fraction of sp³-hybridized carbons (Fsp3) is 0.538. The fourth-order valence-corrected chi connectivity index (χ4v) is 5.00. The van der Waals surface area contributed by atoms with Crippen LogP contribution in [0.4, 0.5) is 30.4 Å². The Bertz CT molecular complexity index is 1120. The minimum Gasteiger partial charge on any atom is -0.382 e. The number of pyridine rings is 1. The first kappa shape index (κ1) is 30.4. The molecule has 1 aromatic carbocycles. The summed E-state index contributed by atoms with van der Waals surface area (Å²) >= 11 is 5.91. The highest BCUT2D eigenvalue weighted by Crippen LogP contribution is 2.38. The summed E-state index contributed by atoms with van der Waals surface area (Å²) in [6.45, 7) is 5.39. The van der Waals surface area contributed by atoms with Gasteiger partial charge in [0.2, 0.25) is 5.91 Å². The second kappa shape index (κ2) is 13.3. The van der Waals surface area contributed by atoms with Crippen LogP contribution in [-0.2, 0) is 11.0 Å². The molecule has 2 aliphatic heterocycles. The number of aromatic nitrogens is 1. The van der Waals surface area contributed by atoms with E-state index in [1.807, 2.05) is 12.1 Å². The molecule has 1 amide bonds. The number of hydrogen-bond acceptors (Lipinski definition) is 7. The zero-order valence-corrected chi connectivity index (χ0v) is 21.5. The number of rotatable bonds is 8. The number of halogens is 4. The Kier molecular flexibility index (Phi) is 10.4. The predicted molar refractivity (Wildman–Crippen MR) is 145 cm³/mol. The number of nitro groups is 1. The summed E-state index contributed by atoms with van der Waals surface area (Å²) in [5, 5.41) is 14.6. The van der Waals surface area contributed by atoms with Gasteiger partial charge in [-0.15, -0.1) is 0 Å². The first-order valence-corrected chi connectivity index (χ1v) is 13.0. The van der Waals surface area contributed by atoms with Crippen LogP contribution in [0.1, 0.15) is 38.7 Å². The van der Waals surface area contributed by atoms with Crippen molar-refractivity contribution < 1.29 is 22.9 Å². The summed E-state index contributed by atoms with van der Waals surface area (Å²) < 4.78 is 39.7. The topological polar surface area (TPSA) is 94.9 Å². The van der Waals surface area contributed by atoms with E-state index in [9.17, 15) is 28.1 Å². The van der Waals surface area contributed by atoms with Gasteiger partial charge in [0.15, 0.2) is 0 Å². The van der Waals surface area contributed by atoms with Crippen molar-refractivity contribution in [2.75, 3.05) is 56.0 Å². The Morgan fingerprint density at radius 2 is 1.79 bits per heavy atom. The maximum Gasteiger partial charge on any atom is 0.423 e. The molecule has 2 aromatic rings. The van der Waals surface area contributed by atoms with Gasteiger partial charge < -0.3 is 15.1 Å². The SMILES string of the molecule is C.O=C(CCCN1CCN(c2ccc(Cl)cn2)CC1)N1CCC(Nc2ccc([N+](=O)[O-])c(C(F)(F)F)c2)CC1. The number of amides is 1. The van der Waals surface area contributed by atoms with Crippen molar-refractivity contribution in [3.05, 3.63) is 57.2 Å². The first-order chi connectivity index (χ1) is 18.1. The normalized spacial score (nSPS) is 17.0. The smallest absolute Gasteiger partial charge is 0.382 e. The minimum absolute atomic E-state index is 0. The molecule has 4 rings (SSSR count). The summed E-state index contributed by atoms with van der Waals surface area (Å²) in [5.41, 5.74) is -2.06. The standard InChI is InChI=1S/C25H30ClF3N6O3.CH4/c26-18-3-6-23(30-17-18)33-14-12-32(13-15-33)9-1-2-24(36)34-10-7-19(8-11-34)31-20-4-5-22(35(37)38)21(16-20)25(27,28)29;/h3-6,16-17,19,31H,1-2,7-15H2;1H4. The lowest BCUT2D eigenvalue weighted by atomic mass is 10.0. The van der Waals surface area contributed by atoms with E-state index in [2.05, 4.69) is 20.1 Å². The molecule has 0 aliphatic carbocycles. The average molecular weight is 571 g/mol. The Morgan fingerprint density at radius 3 is 2.38 bits per heavy atom. The van der Waals surface area contributed by atoms with Crippen LogP contribution in [0.2, 0.25) is 5.02 Å². The largest absolute Gasteiger partial charge is 0.423 e. The predicted octanol–water partition coefficient (Wildman–Crippen LogP) is 5.30. The van der Waals surface area contributed by atoms with E-state index in [4.69, 9.17) is 11.6 Å². The van der Waals surface area contributed by atoms with Crippen LogP contribution in [0.15, 0.2) is 36.5 Å². The fourth-order valence-electron chi connectivity index (χ4n) is 4.89. The minimum atomic E-state index is -4.82. The lowest BCUT2D eigenvalue weighted by Gasteiger charge is -2.36. The summed E-state index contributed by atoms with van der Waals surface area (Å²) in [5.74, 6) is 0.999. The van der Waals surface area contributed by atoms with Gasteiger partial charge in [-0.1, -0.05) is 19.0 Å². The van der Waals surface area contributed by atoms with Crippen LogP contribution in [0.25, 0.3) is 0 Å². The van der Waals surface area contributed by atoms with Gasteiger partial charge in [0.25, 0.3) is 5.69 Å². The number of nitrogens with zero attached hydrogens (tertiary/aromatic N) is 5. The van der Waals surface area contributed by atoms with Gasteiger partial charge in [0, 0.05) is 69.7 Å². The van der Waals surface area contributed by atoms with Crippen molar-refractivity contribution in [1.82, 2.24) is 14.8 Å². The lowest BCUT2D eigenvalue weighted by Crippen LogP contribution is -2.47. The summed E-state index contributed by atoms with van der Waals surface area (Å²) in [4.78, 5) is 33.3. The lowest BCUT2D eigenvalue weighted by molar-refractivity contribution is -0.388. The zero-order chi connectivity index (χ0) is 27.3. The molecular formula is C26H34ClF3N6O3. The second-order valence-corrected chi connectivity index (χ2v) is 9.99. The van der Waals surface area contributed by atoms with Crippen LogP contribution < -0.4 is 10.2 Å². The van der Waals surface area contributed by atoms with Gasteiger partial charge in [-0.05, 0) is 50.1 Å². The molecule has 3 heterocycles. The first-order valence-electron chi connectivity index (χ1n) is 12.6. The number of carbonyl (C=O) groups is 1. The van der Waals surface area contributed by atoms with E-state index >= 15 is 0 Å². The highest BCUT2D eigenvalue weighted by Gasteiger charge is 2.38. The van der Waals surface area contributed by atoms with Crippen LogP contribution in [0.3, 0.4) is 0 Å². The molecule has 2 fully saturated rings. The number of carbonyl (C=O) groups excluding carboxylic acids is 1. The van der Waals surface area contributed by atoms with E-state index in [1.165, 1.54) is 6.07 Å². The van der Waals surface area contributed by atoms with Crippen LogP contribution in [-0.4, -0.2) is 77.5 Å². The number of nitro benzene ring substituents is 1. The number of hydrogen-bond donors (Lipinski definition) is 1. The molecular weight excluding hydrogens is 537 g/mol. The van der Waals surface area contributed by atoms with E-state index in [1.54, 1.807) is 11.1 Å². The maximum atomic E-state index is 13.2. The number of alkyl halides is 3. The molecule has 1 N–H and O–H groups in total. The van der Waals surface area contributed by atoms with Gasteiger partial charge in [0.05, 0.1) is 9.95 Å². The number of piperazine rings is 1. The molecule has 0 radical (unpaired) electrons. The number of nitrogens with one attached hydrogen (secondary N) is 1. The van der Waals surface area contributed by atoms with E-state index in [-0.39, 0.29) is 25.1 Å². The van der Waals surface area contributed by atoms with Gasteiger partial charge >= 0.3 is 6.18 Å². The number of likely N-dealkylation sites (tertiary alicyclic amines) is 1. The highest BCUT2D eigenvalue weighted by atomic mass is 35.5. The van der Waals surface area contributed by atoms with E-state index < -0.39 is 22.4 Å². The molecule has 39 heavy (non-hydrogen) atoms. The number of benzene rings is 1. The summed E-state index contributed by atoms with van der Waals surface area (Å²) in [6.07, 6.45) is -0.784. The molecule has 214 valence electrons. The maximum absolute atomic E-state index is 13.2. The Hall–Kier alpha value is -3.12. The molecule has 0 bridgehead atoms. The number of anilines is 2. The molecule has 9 nitrogen and oxygen atoms in total. The van der Waals surface area contributed by atoms with Crippen molar-refractivity contribution >= 4 is 34.7 Å². The third-order valence-electron chi connectivity index (χ3n) is 6.99. The number of piperidine rings is 1. The van der Waals surface area contributed by atoms with E-state index in [0.29, 0.717) is 37.4 Å². The summed E-state index contributed by atoms with van der Waals surface area (Å²) in [6, 6.07) is 6.57. The molecule has 0 unspecified atom stereocenters. The van der Waals surface area contributed by atoms with Gasteiger partial charge in [-0.25, -0.2) is 4.98 Å². The third kappa shape index (κ3) is 8.18. The van der Waals surface area contributed by atoms with Crippen LogP contribution in [0, 0.1) is 10.1 Å². The highest BCUT2D eigenvalue weighted by molar-refractivity contribution is 6.30. The molecule has 1 aromatic heterocycles. The van der Waals surface area contributed by atoms with E-state index in [0.717, 1.165) is 57.1 Å². The summed E-state index contributed by atoms with van der Waals surface area (Å²) in [7, 11) is 0. The second-order valence-electron chi connectivity index (χ2n) is 9.55. The van der Waals surface area contributed by atoms with Crippen molar-refractivity contribution in [2.24, 2.45) is 0 Å². The molecule has 0 atom stereocenters. The van der Waals surface area contributed by atoms with Gasteiger partial charge in [-0.3, -0.25) is 19.8 Å². The van der Waals surface area contributed by atoms with Crippen LogP contribution >= 0.6 is 11.6 Å². The van der Waals surface area contributed by atoms with Crippen molar-refractivity contribution in [1.29, 1.82) is 0 Å². The molecule has 0 saturated carbocycles. The quantitative estimate of drug-likeness (QED) is 0.340. The van der Waals surface area contributed by atoms with Crippen molar-refractivity contribution in [2.45, 2.75) is 45.3 Å². The Balaban J connectivity index is 0.00000420. The molecule has 2 aliphatic rings. The van der Waals surface area contributed by atoms with Gasteiger partial charge in [0.1, 0.15) is 11.4 Å². The van der Waals surface area contributed by atoms with Crippen molar-refractivity contribution in [3.8, 4) is 0 Å². The van der Waals surface area contributed by atoms with Gasteiger partial charge in [-0.2, -0.15) is 13.2 Å².